The predicted molar refractivity (Wildman–Crippen MR) is 113 cm³/mol. The number of primary amides is 1. The van der Waals surface area contributed by atoms with E-state index in [9.17, 15) is 9.59 Å². The normalized spacial score (nSPS) is 13.0. The average molecular weight is 429 g/mol. The molecule has 1 aromatic carbocycles. The van der Waals surface area contributed by atoms with Crippen molar-refractivity contribution in [3.8, 4) is 5.75 Å². The predicted octanol–water partition coefficient (Wildman–Crippen LogP) is 3.72. The molecule has 0 fully saturated rings. The molecular formula is C20H20N4O3S2. The van der Waals surface area contributed by atoms with Crippen molar-refractivity contribution >= 4 is 39.9 Å². The van der Waals surface area contributed by atoms with Gasteiger partial charge in [0.05, 0.1) is 23.0 Å². The van der Waals surface area contributed by atoms with Gasteiger partial charge in [-0.2, -0.15) is 8.75 Å². The Kier molecular flexibility index (Phi) is 5.59. The minimum absolute atomic E-state index is 0.280. The first-order valence-corrected chi connectivity index (χ1v) is 10.8. The minimum Gasteiger partial charge on any atom is -0.487 e. The van der Waals surface area contributed by atoms with Crippen LogP contribution in [0.2, 0.25) is 0 Å². The maximum absolute atomic E-state index is 12.7. The van der Waals surface area contributed by atoms with Gasteiger partial charge in [0, 0.05) is 10.4 Å². The van der Waals surface area contributed by atoms with E-state index in [2.05, 4.69) is 14.1 Å². The van der Waals surface area contributed by atoms with Crippen LogP contribution in [0.15, 0.2) is 24.3 Å². The van der Waals surface area contributed by atoms with Crippen molar-refractivity contribution in [2.24, 2.45) is 5.73 Å². The van der Waals surface area contributed by atoms with Crippen LogP contribution in [0.3, 0.4) is 0 Å². The van der Waals surface area contributed by atoms with Gasteiger partial charge in [0.1, 0.15) is 23.1 Å². The number of amides is 2. The van der Waals surface area contributed by atoms with Gasteiger partial charge in [-0.1, -0.05) is 0 Å². The van der Waals surface area contributed by atoms with Crippen LogP contribution in [0, 0.1) is 6.92 Å². The lowest BCUT2D eigenvalue weighted by Gasteiger charge is -2.11. The Bertz CT molecular complexity index is 1060. The van der Waals surface area contributed by atoms with Crippen LogP contribution in [0.5, 0.6) is 5.75 Å². The van der Waals surface area contributed by atoms with Crippen molar-refractivity contribution in [1.82, 2.24) is 8.75 Å². The maximum Gasteiger partial charge on any atom is 0.256 e. The van der Waals surface area contributed by atoms with Gasteiger partial charge in [0.2, 0.25) is 0 Å². The first-order valence-electron chi connectivity index (χ1n) is 9.29. The van der Waals surface area contributed by atoms with E-state index in [-0.39, 0.29) is 5.91 Å². The van der Waals surface area contributed by atoms with E-state index < -0.39 is 5.91 Å². The van der Waals surface area contributed by atoms with Crippen LogP contribution in [0.4, 0.5) is 5.00 Å². The molecule has 150 valence electrons. The first-order chi connectivity index (χ1) is 14.0. The molecule has 2 heterocycles. The third-order valence-corrected chi connectivity index (χ3v) is 6.75. The number of ether oxygens (including phenoxy) is 1. The standard InChI is InChI=1S/C20H20N4O3S2/c1-11-15(24-29-23-11)10-27-13-8-6-12(7-9-13)19(26)22-20-17(18(21)25)14-4-2-3-5-16(14)28-20/h6-9H,2-5,10H2,1H3,(H2,21,25)(H,22,26). The number of hydrogen-bond acceptors (Lipinski definition) is 7. The summed E-state index contributed by atoms with van der Waals surface area (Å²) in [7, 11) is 0. The van der Waals surface area contributed by atoms with Crippen molar-refractivity contribution in [3.05, 3.63) is 57.2 Å². The number of benzene rings is 1. The van der Waals surface area contributed by atoms with Crippen LogP contribution in [0.1, 0.15) is 55.4 Å². The molecule has 0 saturated carbocycles. The maximum atomic E-state index is 12.7. The molecule has 3 aromatic rings. The number of nitrogens with two attached hydrogens (primary N) is 1. The van der Waals surface area contributed by atoms with Crippen LogP contribution in [-0.4, -0.2) is 20.6 Å². The Morgan fingerprint density at radius 1 is 1.17 bits per heavy atom. The summed E-state index contributed by atoms with van der Waals surface area (Å²) in [4.78, 5) is 25.8. The highest BCUT2D eigenvalue weighted by atomic mass is 32.1. The van der Waals surface area contributed by atoms with Crippen molar-refractivity contribution in [1.29, 1.82) is 0 Å². The molecule has 2 amide bonds. The molecule has 1 aliphatic rings. The third kappa shape index (κ3) is 4.15. The summed E-state index contributed by atoms with van der Waals surface area (Å²) in [6, 6.07) is 6.85. The number of aryl methyl sites for hydroxylation is 2. The lowest BCUT2D eigenvalue weighted by atomic mass is 9.95. The van der Waals surface area contributed by atoms with Crippen LogP contribution in [0.25, 0.3) is 0 Å². The van der Waals surface area contributed by atoms with Gasteiger partial charge in [0.25, 0.3) is 11.8 Å². The Morgan fingerprint density at radius 3 is 2.62 bits per heavy atom. The summed E-state index contributed by atoms with van der Waals surface area (Å²) in [5.74, 6) is -0.133. The fraction of sp³-hybridized carbons (Fsp3) is 0.300. The second-order valence-corrected chi connectivity index (χ2v) is 8.48. The molecule has 0 radical (unpaired) electrons. The number of carbonyl (C=O) groups excluding carboxylic acids is 2. The number of thiophene rings is 1. The van der Waals surface area contributed by atoms with Gasteiger partial charge in [-0.3, -0.25) is 9.59 Å². The van der Waals surface area contributed by atoms with Crippen molar-refractivity contribution in [2.75, 3.05) is 5.32 Å². The largest absolute Gasteiger partial charge is 0.487 e. The number of carbonyl (C=O) groups is 2. The summed E-state index contributed by atoms with van der Waals surface area (Å²) >= 11 is 2.61. The van der Waals surface area contributed by atoms with Crippen LogP contribution >= 0.6 is 23.1 Å². The summed E-state index contributed by atoms with van der Waals surface area (Å²) < 4.78 is 14.0. The second kappa shape index (κ2) is 8.30. The molecular weight excluding hydrogens is 408 g/mol. The first kappa shape index (κ1) is 19.5. The van der Waals surface area contributed by atoms with Gasteiger partial charge in [-0.05, 0) is 62.4 Å². The topological polar surface area (TPSA) is 107 Å². The molecule has 1 aliphatic carbocycles. The fourth-order valence-corrected chi connectivity index (χ4v) is 5.17. The fourth-order valence-electron chi connectivity index (χ4n) is 3.32. The summed E-state index contributed by atoms with van der Waals surface area (Å²) in [6.45, 7) is 2.22. The quantitative estimate of drug-likeness (QED) is 0.622. The van der Waals surface area contributed by atoms with E-state index in [4.69, 9.17) is 10.5 Å². The average Bonchev–Trinajstić information content (AvgIpc) is 3.29. The Morgan fingerprint density at radius 2 is 1.93 bits per heavy atom. The SMILES string of the molecule is Cc1nsnc1COc1ccc(C(=O)Nc2sc3c(c2C(N)=O)CCCC3)cc1. The Labute approximate surface area is 176 Å². The highest BCUT2D eigenvalue weighted by Crippen LogP contribution is 2.38. The molecule has 0 spiro atoms. The monoisotopic (exact) mass is 428 g/mol. The third-order valence-electron chi connectivity index (χ3n) is 4.88. The van der Waals surface area contributed by atoms with Gasteiger partial charge < -0.3 is 15.8 Å². The summed E-state index contributed by atoms with van der Waals surface area (Å²) in [5, 5.41) is 3.41. The Hall–Kier alpha value is -2.78. The molecule has 7 nitrogen and oxygen atoms in total. The number of nitrogens with zero attached hydrogens (tertiary/aromatic N) is 2. The number of rotatable bonds is 6. The van der Waals surface area contributed by atoms with Gasteiger partial charge in [-0.25, -0.2) is 0 Å². The highest BCUT2D eigenvalue weighted by molar-refractivity contribution is 7.17. The highest BCUT2D eigenvalue weighted by Gasteiger charge is 2.25. The zero-order valence-corrected chi connectivity index (χ0v) is 17.5. The number of fused-ring (bicyclic) bond motifs is 1. The molecule has 9 heteroatoms. The van der Waals surface area contributed by atoms with E-state index in [0.717, 1.165) is 59.2 Å². The molecule has 3 N–H and O–H groups in total. The Balaban J connectivity index is 1.46. The zero-order chi connectivity index (χ0) is 20.4. The smallest absolute Gasteiger partial charge is 0.256 e. The molecule has 2 aromatic heterocycles. The van der Waals surface area contributed by atoms with Crippen LogP contribution in [-0.2, 0) is 19.4 Å². The molecule has 0 atom stereocenters. The van der Waals surface area contributed by atoms with E-state index in [1.54, 1.807) is 24.3 Å². The van der Waals surface area contributed by atoms with E-state index >= 15 is 0 Å². The molecule has 0 unspecified atom stereocenters. The molecule has 0 bridgehead atoms. The van der Waals surface area contributed by atoms with E-state index in [1.165, 1.54) is 11.3 Å². The van der Waals surface area contributed by atoms with Gasteiger partial charge in [-0.15, -0.1) is 11.3 Å². The van der Waals surface area contributed by atoms with Crippen LogP contribution < -0.4 is 15.8 Å². The summed E-state index contributed by atoms with van der Waals surface area (Å²) in [5.41, 5.74) is 9.19. The number of aromatic nitrogens is 2. The van der Waals surface area contributed by atoms with Crippen molar-refractivity contribution in [3.63, 3.8) is 0 Å². The number of anilines is 1. The van der Waals surface area contributed by atoms with E-state index in [1.807, 2.05) is 6.92 Å². The molecule has 0 saturated heterocycles. The van der Waals surface area contributed by atoms with Gasteiger partial charge in [0.15, 0.2) is 0 Å². The van der Waals surface area contributed by atoms with E-state index in [0.29, 0.717) is 28.5 Å². The minimum atomic E-state index is -0.490. The van der Waals surface area contributed by atoms with Gasteiger partial charge >= 0.3 is 0 Å². The van der Waals surface area contributed by atoms with Crippen molar-refractivity contribution in [2.45, 2.75) is 39.2 Å². The number of hydrogen-bond donors (Lipinski definition) is 2. The molecule has 0 aliphatic heterocycles. The number of nitrogens with one attached hydrogen (secondary N) is 1. The summed E-state index contributed by atoms with van der Waals surface area (Å²) in [6.07, 6.45) is 3.89. The van der Waals surface area contributed by atoms with Crippen molar-refractivity contribution < 1.29 is 14.3 Å². The lowest BCUT2D eigenvalue weighted by Crippen LogP contribution is -2.18. The molecule has 29 heavy (non-hydrogen) atoms. The lowest BCUT2D eigenvalue weighted by molar-refractivity contribution is 0.100. The molecule has 4 rings (SSSR count). The second-order valence-electron chi connectivity index (χ2n) is 6.84. The zero-order valence-electron chi connectivity index (χ0n) is 15.9.